The summed E-state index contributed by atoms with van der Waals surface area (Å²) in [6, 6.07) is 0. The first-order valence-corrected chi connectivity index (χ1v) is 5.50. The zero-order valence-electron chi connectivity index (χ0n) is 9.49. The van der Waals surface area contributed by atoms with Gasteiger partial charge in [-0.2, -0.15) is 0 Å². The molecule has 0 spiro atoms. The number of carbonyl (C=O) groups excluding carboxylic acids is 2. The van der Waals surface area contributed by atoms with E-state index < -0.39 is 0 Å². The van der Waals surface area contributed by atoms with Crippen molar-refractivity contribution >= 4 is 11.9 Å². The summed E-state index contributed by atoms with van der Waals surface area (Å²) in [7, 11) is 1.35. The van der Waals surface area contributed by atoms with Gasteiger partial charge in [-0.1, -0.05) is 6.92 Å². The minimum atomic E-state index is -0.312. The molecule has 0 unspecified atom stereocenters. The molecule has 0 aliphatic carbocycles. The summed E-state index contributed by atoms with van der Waals surface area (Å²) in [6.07, 6.45) is 3.55. The molecule has 0 bridgehead atoms. The Bertz CT molecular complexity index is 234. The predicted molar refractivity (Wildman–Crippen MR) is 56.2 cm³/mol. The van der Waals surface area contributed by atoms with E-state index >= 15 is 0 Å². The second kappa shape index (κ2) is 5.73. The quantitative estimate of drug-likeness (QED) is 0.662. The fourth-order valence-corrected chi connectivity index (χ4v) is 1.85. The molecule has 86 valence electrons. The molecule has 0 radical (unpaired) electrons. The molecule has 1 saturated heterocycles. The number of hydrogen-bond donors (Lipinski definition) is 0. The van der Waals surface area contributed by atoms with Gasteiger partial charge in [0.2, 0.25) is 5.91 Å². The minimum Gasteiger partial charge on any atom is -0.469 e. The topological polar surface area (TPSA) is 46.6 Å². The summed E-state index contributed by atoms with van der Waals surface area (Å²) < 4.78 is 4.55. The summed E-state index contributed by atoms with van der Waals surface area (Å²) in [5.41, 5.74) is 0. The number of amides is 1. The molecule has 1 aliphatic heterocycles. The molecule has 1 aliphatic rings. The molecule has 1 rings (SSSR count). The first kappa shape index (κ1) is 12.0. The molecule has 0 aromatic carbocycles. The average molecular weight is 213 g/mol. The van der Waals surface area contributed by atoms with Crippen LogP contribution in [0, 0.1) is 5.92 Å². The molecule has 1 atom stereocenters. The lowest BCUT2D eigenvalue weighted by molar-refractivity contribution is -0.146. The number of ether oxygens (including phenoxy) is 1. The van der Waals surface area contributed by atoms with Crippen LogP contribution in [0.15, 0.2) is 0 Å². The van der Waals surface area contributed by atoms with Crippen molar-refractivity contribution in [3.63, 3.8) is 0 Å². The Morgan fingerprint density at radius 1 is 1.27 bits per heavy atom. The highest BCUT2D eigenvalue weighted by molar-refractivity contribution is 5.83. The molecule has 4 heteroatoms. The average Bonchev–Trinajstić information content (AvgIpc) is 2.29. The van der Waals surface area contributed by atoms with Crippen LogP contribution in [-0.2, 0) is 14.3 Å². The predicted octanol–water partition coefficient (Wildman–Crippen LogP) is 1.20. The molecule has 1 heterocycles. The Morgan fingerprint density at radius 3 is 2.40 bits per heavy atom. The molecular formula is C11H19NO3. The van der Waals surface area contributed by atoms with E-state index in [1.807, 2.05) is 4.90 Å². The first-order valence-electron chi connectivity index (χ1n) is 5.50. The van der Waals surface area contributed by atoms with Crippen molar-refractivity contribution in [2.24, 2.45) is 5.92 Å². The van der Waals surface area contributed by atoms with Gasteiger partial charge in [-0.25, -0.2) is 0 Å². The van der Waals surface area contributed by atoms with Gasteiger partial charge in [-0.3, -0.25) is 9.59 Å². The van der Waals surface area contributed by atoms with E-state index in [0.717, 1.165) is 25.9 Å². The van der Waals surface area contributed by atoms with E-state index in [2.05, 4.69) is 4.74 Å². The van der Waals surface area contributed by atoms with Gasteiger partial charge in [-0.15, -0.1) is 0 Å². The van der Waals surface area contributed by atoms with Crippen molar-refractivity contribution in [3.05, 3.63) is 0 Å². The molecular weight excluding hydrogens is 194 g/mol. The van der Waals surface area contributed by atoms with Gasteiger partial charge in [-0.05, 0) is 19.3 Å². The maximum absolute atomic E-state index is 11.9. The smallest absolute Gasteiger partial charge is 0.306 e. The van der Waals surface area contributed by atoms with Gasteiger partial charge in [0.05, 0.1) is 13.5 Å². The largest absolute Gasteiger partial charge is 0.469 e. The lowest BCUT2D eigenvalue weighted by atomic mass is 10.0. The Hall–Kier alpha value is -1.06. The third-order valence-corrected chi connectivity index (χ3v) is 2.79. The standard InChI is InChI=1S/C11H19NO3/c1-9(8-10(13)15-2)11(14)12-6-4-3-5-7-12/h9H,3-8H2,1-2H3/t9-/m0/s1. The third kappa shape index (κ3) is 3.53. The number of carbonyl (C=O) groups is 2. The van der Waals surface area contributed by atoms with Crippen LogP contribution in [0.25, 0.3) is 0 Å². The second-order valence-electron chi connectivity index (χ2n) is 4.07. The lowest BCUT2D eigenvalue weighted by Gasteiger charge is -2.28. The van der Waals surface area contributed by atoms with Gasteiger partial charge in [0.25, 0.3) is 0 Å². The Labute approximate surface area is 90.6 Å². The third-order valence-electron chi connectivity index (χ3n) is 2.79. The number of methoxy groups -OCH3 is 1. The van der Waals surface area contributed by atoms with Gasteiger partial charge in [0, 0.05) is 19.0 Å². The number of nitrogens with zero attached hydrogens (tertiary/aromatic N) is 1. The Morgan fingerprint density at radius 2 is 1.87 bits per heavy atom. The SMILES string of the molecule is COC(=O)C[C@H](C)C(=O)N1CCCCC1. The number of piperidine rings is 1. The molecule has 1 amide bonds. The van der Waals surface area contributed by atoms with Gasteiger partial charge < -0.3 is 9.64 Å². The van der Waals surface area contributed by atoms with Crippen LogP contribution in [0.1, 0.15) is 32.6 Å². The number of esters is 1. The molecule has 0 saturated carbocycles. The van der Waals surface area contributed by atoms with Crippen LogP contribution in [0.5, 0.6) is 0 Å². The molecule has 0 aromatic heterocycles. The van der Waals surface area contributed by atoms with Crippen molar-refractivity contribution in [2.45, 2.75) is 32.6 Å². The van der Waals surface area contributed by atoms with Crippen LogP contribution >= 0.6 is 0 Å². The van der Waals surface area contributed by atoms with Crippen molar-refractivity contribution in [3.8, 4) is 0 Å². The van der Waals surface area contributed by atoms with Gasteiger partial charge in [0.1, 0.15) is 0 Å². The monoisotopic (exact) mass is 213 g/mol. The molecule has 0 N–H and O–H groups in total. The molecule has 15 heavy (non-hydrogen) atoms. The highest BCUT2D eigenvalue weighted by Crippen LogP contribution is 2.14. The van der Waals surface area contributed by atoms with Crippen LogP contribution in [0.2, 0.25) is 0 Å². The number of likely N-dealkylation sites (tertiary alicyclic amines) is 1. The molecule has 4 nitrogen and oxygen atoms in total. The van der Waals surface area contributed by atoms with E-state index in [-0.39, 0.29) is 24.2 Å². The van der Waals surface area contributed by atoms with Gasteiger partial charge in [0.15, 0.2) is 0 Å². The first-order chi connectivity index (χ1) is 7.15. The highest BCUT2D eigenvalue weighted by atomic mass is 16.5. The summed E-state index contributed by atoms with van der Waals surface area (Å²) in [6.45, 7) is 3.46. The second-order valence-corrected chi connectivity index (χ2v) is 4.07. The summed E-state index contributed by atoms with van der Waals surface area (Å²) in [5.74, 6) is -0.483. The van der Waals surface area contributed by atoms with Crippen molar-refractivity contribution in [1.29, 1.82) is 0 Å². The molecule has 0 aromatic rings. The fourth-order valence-electron chi connectivity index (χ4n) is 1.85. The minimum absolute atomic E-state index is 0.0834. The zero-order chi connectivity index (χ0) is 11.3. The van der Waals surface area contributed by atoms with Crippen LogP contribution in [0.3, 0.4) is 0 Å². The summed E-state index contributed by atoms with van der Waals surface area (Å²) >= 11 is 0. The van der Waals surface area contributed by atoms with Crippen LogP contribution in [-0.4, -0.2) is 37.0 Å². The van der Waals surface area contributed by atoms with Crippen molar-refractivity contribution < 1.29 is 14.3 Å². The van der Waals surface area contributed by atoms with E-state index in [9.17, 15) is 9.59 Å². The Balaban J connectivity index is 2.40. The number of rotatable bonds is 3. The van der Waals surface area contributed by atoms with Crippen molar-refractivity contribution in [2.75, 3.05) is 20.2 Å². The fraction of sp³-hybridized carbons (Fsp3) is 0.818. The van der Waals surface area contributed by atoms with E-state index in [4.69, 9.17) is 0 Å². The summed E-state index contributed by atoms with van der Waals surface area (Å²) in [5, 5.41) is 0. The lowest BCUT2D eigenvalue weighted by Crippen LogP contribution is -2.39. The number of hydrogen-bond acceptors (Lipinski definition) is 3. The van der Waals surface area contributed by atoms with E-state index in [1.54, 1.807) is 6.92 Å². The van der Waals surface area contributed by atoms with Crippen molar-refractivity contribution in [1.82, 2.24) is 4.90 Å². The van der Waals surface area contributed by atoms with E-state index in [1.165, 1.54) is 13.5 Å². The van der Waals surface area contributed by atoms with Crippen LogP contribution in [0.4, 0.5) is 0 Å². The van der Waals surface area contributed by atoms with Crippen LogP contribution < -0.4 is 0 Å². The molecule has 1 fully saturated rings. The summed E-state index contributed by atoms with van der Waals surface area (Å²) in [4.78, 5) is 24.7. The maximum atomic E-state index is 11.9. The Kier molecular flexibility index (Phi) is 4.59. The maximum Gasteiger partial charge on any atom is 0.306 e. The normalized spacial score (nSPS) is 18.4. The highest BCUT2D eigenvalue weighted by Gasteiger charge is 2.23. The van der Waals surface area contributed by atoms with E-state index in [0.29, 0.717) is 0 Å². The zero-order valence-corrected chi connectivity index (χ0v) is 9.49. The van der Waals surface area contributed by atoms with Gasteiger partial charge >= 0.3 is 5.97 Å².